The summed E-state index contributed by atoms with van der Waals surface area (Å²) in [5, 5.41) is 2.08. The molecule has 1 aromatic rings. The van der Waals surface area contributed by atoms with E-state index in [0.717, 1.165) is 0 Å². The van der Waals surface area contributed by atoms with Gasteiger partial charge in [0.2, 0.25) is 0 Å². The van der Waals surface area contributed by atoms with E-state index in [9.17, 15) is 0 Å². The van der Waals surface area contributed by atoms with Gasteiger partial charge in [-0.2, -0.15) is 0 Å². The van der Waals surface area contributed by atoms with Gasteiger partial charge in [-0.25, -0.2) is 0 Å². The molecule has 1 aromatic heterocycles. The Morgan fingerprint density at radius 2 is 2.20 bits per heavy atom. The van der Waals surface area contributed by atoms with Crippen LogP contribution in [0.3, 0.4) is 0 Å². The second kappa shape index (κ2) is 5.07. The van der Waals surface area contributed by atoms with Crippen molar-refractivity contribution in [2.75, 3.05) is 6.61 Å². The Labute approximate surface area is 95.6 Å². The number of thiophene rings is 1. The molecule has 4 heteroatoms. The number of hydrazine groups is 1. The molecule has 0 aliphatic rings. The molecule has 0 aliphatic heterocycles. The summed E-state index contributed by atoms with van der Waals surface area (Å²) < 4.78 is 5.72. The molecule has 0 amide bonds. The van der Waals surface area contributed by atoms with Gasteiger partial charge >= 0.3 is 0 Å². The normalized spacial score (nSPS) is 14.2. The molecule has 1 atom stereocenters. The van der Waals surface area contributed by atoms with Crippen molar-refractivity contribution >= 4 is 11.3 Å². The molecule has 0 saturated heterocycles. The van der Waals surface area contributed by atoms with E-state index >= 15 is 0 Å². The zero-order valence-electron chi connectivity index (χ0n) is 9.83. The van der Waals surface area contributed by atoms with Gasteiger partial charge in [-0.3, -0.25) is 11.3 Å². The molecule has 0 bridgehead atoms. The zero-order valence-corrected chi connectivity index (χ0v) is 10.6. The van der Waals surface area contributed by atoms with E-state index in [1.807, 2.05) is 20.8 Å². The second-order valence-electron chi connectivity index (χ2n) is 4.57. The minimum Gasteiger partial charge on any atom is -0.374 e. The van der Waals surface area contributed by atoms with Crippen molar-refractivity contribution in [3.63, 3.8) is 0 Å². The van der Waals surface area contributed by atoms with Crippen molar-refractivity contribution in [1.29, 1.82) is 0 Å². The minimum atomic E-state index is -0.126. The quantitative estimate of drug-likeness (QED) is 0.614. The summed E-state index contributed by atoms with van der Waals surface area (Å²) in [4.78, 5) is 1.29. The fraction of sp³-hybridized carbons (Fsp3) is 0.636. The fourth-order valence-electron chi connectivity index (χ4n) is 1.32. The van der Waals surface area contributed by atoms with Gasteiger partial charge in [-0.1, -0.05) is 0 Å². The molecule has 1 rings (SSSR count). The first-order valence-electron chi connectivity index (χ1n) is 5.08. The Morgan fingerprint density at radius 3 is 2.60 bits per heavy atom. The zero-order chi connectivity index (χ0) is 11.5. The molecule has 1 heterocycles. The van der Waals surface area contributed by atoms with Crippen LogP contribution in [-0.4, -0.2) is 12.2 Å². The van der Waals surface area contributed by atoms with Crippen LogP contribution in [0.5, 0.6) is 0 Å². The molecular weight excluding hydrogens is 208 g/mol. The standard InChI is InChI=1S/C11H20N2OS/c1-8-9(5-6-15-8)10(13-12)7-14-11(2,3)4/h5-6,10,13H,7,12H2,1-4H3. The lowest BCUT2D eigenvalue weighted by molar-refractivity contribution is -0.0148. The lowest BCUT2D eigenvalue weighted by atomic mass is 10.1. The van der Waals surface area contributed by atoms with Crippen LogP contribution in [0.2, 0.25) is 0 Å². The molecule has 0 fully saturated rings. The van der Waals surface area contributed by atoms with Crippen LogP contribution in [0.4, 0.5) is 0 Å². The lowest BCUT2D eigenvalue weighted by Gasteiger charge is -2.24. The van der Waals surface area contributed by atoms with Crippen LogP contribution >= 0.6 is 11.3 Å². The molecule has 0 aliphatic carbocycles. The Morgan fingerprint density at radius 1 is 1.53 bits per heavy atom. The third-order valence-electron chi connectivity index (χ3n) is 2.16. The van der Waals surface area contributed by atoms with Crippen LogP contribution in [0.1, 0.15) is 37.3 Å². The van der Waals surface area contributed by atoms with Crippen LogP contribution in [-0.2, 0) is 4.74 Å². The van der Waals surface area contributed by atoms with E-state index < -0.39 is 0 Å². The van der Waals surface area contributed by atoms with Gasteiger partial charge in [0.05, 0.1) is 18.2 Å². The van der Waals surface area contributed by atoms with E-state index in [4.69, 9.17) is 10.6 Å². The summed E-state index contributed by atoms with van der Waals surface area (Å²) in [5.74, 6) is 5.54. The van der Waals surface area contributed by atoms with Crippen molar-refractivity contribution in [1.82, 2.24) is 5.43 Å². The molecule has 15 heavy (non-hydrogen) atoms. The minimum absolute atomic E-state index is 0.0791. The predicted octanol–water partition coefficient (Wildman–Crippen LogP) is 2.38. The van der Waals surface area contributed by atoms with E-state index in [1.165, 1.54) is 10.4 Å². The molecule has 0 spiro atoms. The lowest BCUT2D eigenvalue weighted by Crippen LogP contribution is -2.34. The highest BCUT2D eigenvalue weighted by Gasteiger charge is 2.17. The van der Waals surface area contributed by atoms with Crippen LogP contribution < -0.4 is 11.3 Å². The first-order chi connectivity index (χ1) is 6.94. The first-order valence-corrected chi connectivity index (χ1v) is 5.96. The van der Waals surface area contributed by atoms with Gasteiger partial charge in [0.15, 0.2) is 0 Å². The van der Waals surface area contributed by atoms with Crippen molar-refractivity contribution in [3.8, 4) is 0 Å². The molecule has 1 unspecified atom stereocenters. The molecule has 86 valence electrons. The van der Waals surface area contributed by atoms with E-state index in [0.29, 0.717) is 6.61 Å². The Hall–Kier alpha value is -0.420. The highest BCUT2D eigenvalue weighted by molar-refractivity contribution is 7.10. The smallest absolute Gasteiger partial charge is 0.0704 e. The van der Waals surface area contributed by atoms with Gasteiger partial charge in [0.25, 0.3) is 0 Å². The van der Waals surface area contributed by atoms with E-state index in [-0.39, 0.29) is 11.6 Å². The summed E-state index contributed by atoms with van der Waals surface area (Å²) in [6, 6.07) is 2.17. The number of nitrogens with two attached hydrogens (primary N) is 1. The Balaban J connectivity index is 2.61. The van der Waals surface area contributed by atoms with Crippen LogP contribution in [0.15, 0.2) is 11.4 Å². The summed E-state index contributed by atoms with van der Waals surface area (Å²) in [6.07, 6.45) is 0. The molecular formula is C11H20N2OS. The van der Waals surface area contributed by atoms with Gasteiger partial charge in [-0.05, 0) is 44.7 Å². The van der Waals surface area contributed by atoms with Crippen LogP contribution in [0.25, 0.3) is 0 Å². The number of aryl methyl sites for hydroxylation is 1. The maximum Gasteiger partial charge on any atom is 0.0704 e. The van der Waals surface area contributed by atoms with E-state index in [1.54, 1.807) is 11.3 Å². The van der Waals surface area contributed by atoms with E-state index in [2.05, 4.69) is 23.8 Å². The summed E-state index contributed by atoms with van der Waals surface area (Å²) in [7, 11) is 0. The molecule has 3 N–H and O–H groups in total. The van der Waals surface area contributed by atoms with Crippen molar-refractivity contribution in [2.45, 2.75) is 39.3 Å². The second-order valence-corrected chi connectivity index (χ2v) is 5.69. The fourth-order valence-corrected chi connectivity index (χ4v) is 2.08. The number of ether oxygens (including phenoxy) is 1. The van der Waals surface area contributed by atoms with Crippen molar-refractivity contribution in [2.24, 2.45) is 5.84 Å². The summed E-state index contributed by atoms with van der Waals surface area (Å²) in [6.45, 7) is 8.82. The van der Waals surface area contributed by atoms with Gasteiger partial charge in [-0.15, -0.1) is 11.3 Å². The number of hydrogen-bond acceptors (Lipinski definition) is 4. The molecule has 0 saturated carbocycles. The first kappa shape index (κ1) is 12.6. The summed E-state index contributed by atoms with van der Waals surface area (Å²) >= 11 is 1.73. The molecule has 0 aromatic carbocycles. The Kier molecular flexibility index (Phi) is 4.28. The summed E-state index contributed by atoms with van der Waals surface area (Å²) in [5.41, 5.74) is 3.90. The monoisotopic (exact) mass is 228 g/mol. The average molecular weight is 228 g/mol. The third-order valence-corrected chi connectivity index (χ3v) is 3.02. The van der Waals surface area contributed by atoms with Gasteiger partial charge in [0, 0.05) is 4.88 Å². The molecule has 0 radical (unpaired) electrons. The maximum atomic E-state index is 5.72. The largest absolute Gasteiger partial charge is 0.374 e. The van der Waals surface area contributed by atoms with Crippen molar-refractivity contribution < 1.29 is 4.74 Å². The maximum absolute atomic E-state index is 5.72. The SMILES string of the molecule is Cc1sccc1C(COC(C)(C)C)NN. The topological polar surface area (TPSA) is 47.3 Å². The van der Waals surface area contributed by atoms with Crippen LogP contribution in [0, 0.1) is 6.92 Å². The third kappa shape index (κ3) is 3.91. The highest BCUT2D eigenvalue weighted by atomic mass is 32.1. The predicted molar refractivity (Wildman–Crippen MR) is 64.8 cm³/mol. The number of rotatable bonds is 4. The molecule has 3 nitrogen and oxygen atoms in total. The number of nitrogens with one attached hydrogen (secondary N) is 1. The van der Waals surface area contributed by atoms with Gasteiger partial charge in [0.1, 0.15) is 0 Å². The average Bonchev–Trinajstić information content (AvgIpc) is 2.52. The van der Waals surface area contributed by atoms with Crippen molar-refractivity contribution in [3.05, 3.63) is 21.9 Å². The highest BCUT2D eigenvalue weighted by Crippen LogP contribution is 2.23. The van der Waals surface area contributed by atoms with Gasteiger partial charge < -0.3 is 4.74 Å². The Bertz CT molecular complexity index is 304. The number of hydrogen-bond donors (Lipinski definition) is 2.